The fraction of sp³-hybridized carbons (Fsp3) is 0.357. The number of carbonyl (C=O) groups is 1. The minimum Gasteiger partial charge on any atom is -0.497 e. The minimum absolute atomic E-state index is 0.0909. The molecule has 3 N–H and O–H groups in total. The summed E-state index contributed by atoms with van der Waals surface area (Å²) in [5.41, 5.74) is 6.47. The van der Waals surface area contributed by atoms with Gasteiger partial charge in [-0.1, -0.05) is 12.0 Å². The predicted molar refractivity (Wildman–Crippen MR) is 73.1 cm³/mol. The van der Waals surface area contributed by atoms with E-state index in [1.54, 1.807) is 13.2 Å². The molecule has 19 heavy (non-hydrogen) atoms. The second-order valence-corrected chi connectivity index (χ2v) is 3.78. The summed E-state index contributed by atoms with van der Waals surface area (Å²) >= 11 is 0. The van der Waals surface area contributed by atoms with E-state index in [0.29, 0.717) is 24.5 Å². The van der Waals surface area contributed by atoms with Gasteiger partial charge >= 0.3 is 0 Å². The lowest BCUT2D eigenvalue weighted by Crippen LogP contribution is -2.29. The molecule has 0 radical (unpaired) electrons. The molecule has 0 bridgehead atoms. The van der Waals surface area contributed by atoms with Crippen molar-refractivity contribution in [3.05, 3.63) is 23.8 Å². The van der Waals surface area contributed by atoms with Gasteiger partial charge in [-0.25, -0.2) is 0 Å². The molecule has 1 aromatic rings. The number of methoxy groups -OCH3 is 1. The van der Waals surface area contributed by atoms with Gasteiger partial charge in [0.05, 0.1) is 13.7 Å². The highest BCUT2D eigenvalue weighted by Gasteiger charge is 2.08. The Morgan fingerprint density at radius 2 is 2.32 bits per heavy atom. The maximum Gasteiger partial charge on any atom is 0.258 e. The molecule has 5 nitrogen and oxygen atoms in total. The largest absolute Gasteiger partial charge is 0.497 e. The number of hydrogen-bond acceptors (Lipinski definition) is 4. The summed E-state index contributed by atoms with van der Waals surface area (Å²) in [6.07, 6.45) is 5.72. The number of amides is 1. The van der Waals surface area contributed by atoms with Crippen LogP contribution in [-0.4, -0.2) is 32.7 Å². The molecule has 0 atom stereocenters. The van der Waals surface area contributed by atoms with E-state index in [4.69, 9.17) is 21.6 Å². The Labute approximate surface area is 113 Å². The molecule has 5 heteroatoms. The molecule has 102 valence electrons. The quantitative estimate of drug-likeness (QED) is 0.694. The summed E-state index contributed by atoms with van der Waals surface area (Å²) in [6.45, 7) is 0.606. The number of nitrogens with two attached hydrogens (primary N) is 1. The highest BCUT2D eigenvalue weighted by atomic mass is 16.5. The molecule has 0 saturated heterocycles. The summed E-state index contributed by atoms with van der Waals surface area (Å²) in [5.74, 6) is 3.32. The zero-order chi connectivity index (χ0) is 14.1. The van der Waals surface area contributed by atoms with Crippen molar-refractivity contribution in [2.24, 2.45) is 5.73 Å². The van der Waals surface area contributed by atoms with E-state index < -0.39 is 0 Å². The molecule has 1 rings (SSSR count). The Hall–Kier alpha value is -2.19. The van der Waals surface area contributed by atoms with Crippen molar-refractivity contribution in [1.29, 1.82) is 0 Å². The molecule has 0 unspecified atom stereocenters. The van der Waals surface area contributed by atoms with E-state index in [2.05, 4.69) is 11.2 Å². The predicted octanol–water partition coefficient (Wildman–Crippen LogP) is 0.325. The Morgan fingerprint density at radius 3 is 2.95 bits per heavy atom. The van der Waals surface area contributed by atoms with Crippen molar-refractivity contribution >= 4 is 5.91 Å². The van der Waals surface area contributed by atoms with Gasteiger partial charge in [-0.3, -0.25) is 4.79 Å². The maximum atomic E-state index is 11.4. The van der Waals surface area contributed by atoms with Gasteiger partial charge in [0, 0.05) is 6.07 Å². The minimum atomic E-state index is -0.264. The number of terminal acetylenes is 1. The number of hydrogen-bond donors (Lipinski definition) is 2. The molecule has 1 aromatic carbocycles. The molecule has 0 aliphatic heterocycles. The van der Waals surface area contributed by atoms with E-state index >= 15 is 0 Å². The highest BCUT2D eigenvalue weighted by molar-refractivity contribution is 5.77. The standard InChI is InChI=1S/C14H18N2O3/c1-3-8-16-14(17)10-19-13-9-12(18-2)5-4-11(13)6-7-15/h1,4-5,9H,6-8,10,15H2,2H3,(H,16,17). The van der Waals surface area contributed by atoms with Crippen molar-refractivity contribution in [2.45, 2.75) is 6.42 Å². The van der Waals surface area contributed by atoms with Crippen molar-refractivity contribution in [1.82, 2.24) is 5.32 Å². The average Bonchev–Trinajstić information content (AvgIpc) is 2.44. The van der Waals surface area contributed by atoms with Gasteiger partial charge in [0.2, 0.25) is 0 Å². The Morgan fingerprint density at radius 1 is 1.53 bits per heavy atom. The molecular formula is C14H18N2O3. The van der Waals surface area contributed by atoms with E-state index in [1.807, 2.05) is 12.1 Å². The zero-order valence-electron chi connectivity index (χ0n) is 10.9. The van der Waals surface area contributed by atoms with Gasteiger partial charge in [0.25, 0.3) is 5.91 Å². The monoisotopic (exact) mass is 262 g/mol. The summed E-state index contributed by atoms with van der Waals surface area (Å²) in [6, 6.07) is 5.44. The van der Waals surface area contributed by atoms with E-state index in [1.165, 1.54) is 0 Å². The number of ether oxygens (including phenoxy) is 2. The van der Waals surface area contributed by atoms with Crippen LogP contribution in [0.1, 0.15) is 5.56 Å². The van der Waals surface area contributed by atoms with Crippen LogP contribution in [0.25, 0.3) is 0 Å². The summed E-state index contributed by atoms with van der Waals surface area (Å²) in [4.78, 5) is 11.4. The third-order valence-corrected chi connectivity index (χ3v) is 2.43. The molecule has 0 saturated carbocycles. The molecular weight excluding hydrogens is 244 g/mol. The number of carbonyl (C=O) groups excluding carboxylic acids is 1. The first kappa shape index (κ1) is 14.9. The van der Waals surface area contributed by atoms with Crippen molar-refractivity contribution in [3.8, 4) is 23.8 Å². The van der Waals surface area contributed by atoms with Gasteiger partial charge in [-0.15, -0.1) is 6.42 Å². The Kier molecular flexibility index (Phi) is 6.27. The van der Waals surface area contributed by atoms with Crippen LogP contribution < -0.4 is 20.5 Å². The van der Waals surface area contributed by atoms with Gasteiger partial charge in [-0.05, 0) is 24.6 Å². The van der Waals surface area contributed by atoms with Crippen LogP contribution in [0, 0.1) is 12.3 Å². The highest BCUT2D eigenvalue weighted by Crippen LogP contribution is 2.25. The normalized spacial score (nSPS) is 9.53. The van der Waals surface area contributed by atoms with Gasteiger partial charge < -0.3 is 20.5 Å². The third kappa shape index (κ3) is 4.90. The molecule has 0 aliphatic rings. The lowest BCUT2D eigenvalue weighted by Gasteiger charge is -2.12. The summed E-state index contributed by atoms with van der Waals surface area (Å²) < 4.78 is 10.6. The first-order valence-corrected chi connectivity index (χ1v) is 5.91. The van der Waals surface area contributed by atoms with Gasteiger partial charge in [0.15, 0.2) is 6.61 Å². The average molecular weight is 262 g/mol. The fourth-order valence-corrected chi connectivity index (χ4v) is 1.50. The van der Waals surface area contributed by atoms with Crippen LogP contribution in [0.5, 0.6) is 11.5 Å². The first-order valence-electron chi connectivity index (χ1n) is 5.91. The number of benzene rings is 1. The fourth-order valence-electron chi connectivity index (χ4n) is 1.50. The molecule has 1 amide bonds. The lowest BCUT2D eigenvalue weighted by molar-refractivity contribution is -0.122. The van der Waals surface area contributed by atoms with Crippen LogP contribution in [0.2, 0.25) is 0 Å². The Bertz CT molecular complexity index is 466. The number of nitrogens with one attached hydrogen (secondary N) is 1. The van der Waals surface area contributed by atoms with Crippen molar-refractivity contribution in [3.63, 3.8) is 0 Å². The molecule has 0 heterocycles. The van der Waals surface area contributed by atoms with Crippen LogP contribution >= 0.6 is 0 Å². The van der Waals surface area contributed by atoms with E-state index in [9.17, 15) is 4.79 Å². The van der Waals surface area contributed by atoms with E-state index in [-0.39, 0.29) is 19.1 Å². The first-order chi connectivity index (χ1) is 9.21. The van der Waals surface area contributed by atoms with Crippen molar-refractivity contribution < 1.29 is 14.3 Å². The molecule has 0 aliphatic carbocycles. The second kappa shape index (κ2) is 8.01. The van der Waals surface area contributed by atoms with Crippen LogP contribution in [0.3, 0.4) is 0 Å². The SMILES string of the molecule is C#CCNC(=O)COc1cc(OC)ccc1CCN. The topological polar surface area (TPSA) is 73.6 Å². The molecule has 0 spiro atoms. The smallest absolute Gasteiger partial charge is 0.258 e. The zero-order valence-corrected chi connectivity index (χ0v) is 10.9. The second-order valence-electron chi connectivity index (χ2n) is 3.78. The molecule has 0 aromatic heterocycles. The van der Waals surface area contributed by atoms with E-state index in [0.717, 1.165) is 5.56 Å². The Balaban J connectivity index is 2.69. The maximum absolute atomic E-state index is 11.4. The molecule has 0 fully saturated rings. The van der Waals surface area contributed by atoms with Crippen LogP contribution in [0.15, 0.2) is 18.2 Å². The van der Waals surface area contributed by atoms with Crippen LogP contribution in [-0.2, 0) is 11.2 Å². The van der Waals surface area contributed by atoms with Gasteiger partial charge in [-0.2, -0.15) is 0 Å². The lowest BCUT2D eigenvalue weighted by atomic mass is 10.1. The van der Waals surface area contributed by atoms with Gasteiger partial charge in [0.1, 0.15) is 11.5 Å². The summed E-state index contributed by atoms with van der Waals surface area (Å²) in [7, 11) is 1.57. The third-order valence-electron chi connectivity index (χ3n) is 2.43. The summed E-state index contributed by atoms with van der Waals surface area (Å²) in [5, 5.41) is 2.53. The van der Waals surface area contributed by atoms with Crippen molar-refractivity contribution in [2.75, 3.05) is 26.8 Å². The van der Waals surface area contributed by atoms with Crippen LogP contribution in [0.4, 0.5) is 0 Å². The number of rotatable bonds is 7.